The van der Waals surface area contributed by atoms with Crippen LogP contribution in [0.2, 0.25) is 0 Å². The summed E-state index contributed by atoms with van der Waals surface area (Å²) in [5, 5.41) is 0. The Kier molecular flexibility index (Phi) is 9.21. The van der Waals surface area contributed by atoms with Crippen molar-refractivity contribution in [3.8, 4) is 0 Å². The summed E-state index contributed by atoms with van der Waals surface area (Å²) in [5.41, 5.74) is 0.842. The molecule has 0 N–H and O–H groups in total. The molecule has 3 rings (SSSR count). The van der Waals surface area contributed by atoms with Crippen molar-refractivity contribution in [1.29, 1.82) is 0 Å². The average Bonchev–Trinajstić information content (AvgIpc) is 2.75. The molecule has 0 aliphatic heterocycles. The number of halogens is 2. The number of allylic oxidation sites excluding steroid dienone is 2. The topological polar surface area (TPSA) is 0 Å². The Morgan fingerprint density at radius 1 is 0.793 bits per heavy atom. The molecule has 1 aromatic carbocycles. The monoisotopic (exact) mass is 402 g/mol. The number of hydrogen-bond donors (Lipinski definition) is 0. The minimum absolute atomic E-state index is 0.689. The highest BCUT2D eigenvalue weighted by Crippen LogP contribution is 2.42. The van der Waals surface area contributed by atoms with Gasteiger partial charge in [-0.25, -0.2) is 8.78 Å². The molecule has 1 aromatic rings. The van der Waals surface area contributed by atoms with E-state index in [2.05, 4.69) is 19.1 Å². The highest BCUT2D eigenvalue weighted by Gasteiger charge is 2.30. The molecule has 2 fully saturated rings. The second kappa shape index (κ2) is 11.9. The van der Waals surface area contributed by atoms with Gasteiger partial charge in [0, 0.05) is 0 Å². The van der Waals surface area contributed by atoms with Gasteiger partial charge in [0.25, 0.3) is 0 Å². The van der Waals surface area contributed by atoms with Gasteiger partial charge in [0.15, 0.2) is 11.6 Å². The SMILES string of the molecule is CCCCCC1CCC(C2CCC(C/C=C\Cc3ccc(F)c(F)c3)CC2)CC1. The Morgan fingerprint density at radius 3 is 2.07 bits per heavy atom. The highest BCUT2D eigenvalue weighted by atomic mass is 19.2. The maximum Gasteiger partial charge on any atom is 0.159 e. The summed E-state index contributed by atoms with van der Waals surface area (Å²) in [5.74, 6) is 2.31. The molecule has 0 bridgehead atoms. The summed E-state index contributed by atoms with van der Waals surface area (Å²) in [7, 11) is 0. The molecule has 2 aliphatic carbocycles. The first-order chi connectivity index (χ1) is 14.2. The molecule has 2 heteroatoms. The number of unbranched alkanes of at least 4 members (excludes halogenated alkanes) is 2. The van der Waals surface area contributed by atoms with Gasteiger partial charge in [-0.05, 0) is 92.7 Å². The van der Waals surface area contributed by atoms with E-state index >= 15 is 0 Å². The van der Waals surface area contributed by atoms with Crippen LogP contribution in [0, 0.1) is 35.3 Å². The fourth-order valence-corrected chi connectivity index (χ4v) is 5.70. The van der Waals surface area contributed by atoms with E-state index in [-0.39, 0.29) is 0 Å². The van der Waals surface area contributed by atoms with Gasteiger partial charge in [-0.15, -0.1) is 0 Å². The van der Waals surface area contributed by atoms with Crippen LogP contribution in [-0.2, 0) is 6.42 Å². The van der Waals surface area contributed by atoms with Gasteiger partial charge < -0.3 is 0 Å². The lowest BCUT2D eigenvalue weighted by molar-refractivity contribution is 0.143. The van der Waals surface area contributed by atoms with E-state index in [0.717, 1.165) is 35.7 Å². The van der Waals surface area contributed by atoms with Gasteiger partial charge in [-0.2, -0.15) is 0 Å². The summed E-state index contributed by atoms with van der Waals surface area (Å²) < 4.78 is 26.2. The Balaban J connectivity index is 1.31. The quantitative estimate of drug-likeness (QED) is 0.286. The van der Waals surface area contributed by atoms with Crippen LogP contribution in [0.25, 0.3) is 0 Å². The number of benzene rings is 1. The molecule has 162 valence electrons. The van der Waals surface area contributed by atoms with E-state index in [1.54, 1.807) is 6.07 Å². The van der Waals surface area contributed by atoms with E-state index in [1.807, 2.05) is 0 Å². The largest absolute Gasteiger partial charge is 0.204 e. The van der Waals surface area contributed by atoms with Gasteiger partial charge in [-0.1, -0.05) is 63.7 Å². The lowest BCUT2D eigenvalue weighted by atomic mass is 9.68. The molecule has 0 atom stereocenters. The highest BCUT2D eigenvalue weighted by molar-refractivity contribution is 5.20. The minimum atomic E-state index is -0.764. The lowest BCUT2D eigenvalue weighted by Gasteiger charge is -2.37. The maximum absolute atomic E-state index is 13.3. The summed E-state index contributed by atoms with van der Waals surface area (Å²) in [4.78, 5) is 0. The zero-order valence-corrected chi connectivity index (χ0v) is 18.4. The van der Waals surface area contributed by atoms with Crippen molar-refractivity contribution in [3.63, 3.8) is 0 Å². The second-order valence-electron chi connectivity index (χ2n) is 9.72. The van der Waals surface area contributed by atoms with Gasteiger partial charge in [0.1, 0.15) is 0 Å². The molecule has 2 saturated carbocycles. The molecule has 2 aliphatic rings. The summed E-state index contributed by atoms with van der Waals surface area (Å²) >= 11 is 0. The Hall–Kier alpha value is -1.18. The summed E-state index contributed by atoms with van der Waals surface area (Å²) in [6, 6.07) is 4.20. The Morgan fingerprint density at radius 2 is 1.45 bits per heavy atom. The van der Waals surface area contributed by atoms with E-state index in [1.165, 1.54) is 89.2 Å². The molecular weight excluding hydrogens is 362 g/mol. The van der Waals surface area contributed by atoms with Crippen LogP contribution in [0.5, 0.6) is 0 Å². The van der Waals surface area contributed by atoms with Crippen LogP contribution < -0.4 is 0 Å². The van der Waals surface area contributed by atoms with Crippen molar-refractivity contribution in [2.24, 2.45) is 23.7 Å². The van der Waals surface area contributed by atoms with Crippen molar-refractivity contribution in [3.05, 3.63) is 47.5 Å². The molecule has 0 amide bonds. The third-order valence-electron chi connectivity index (χ3n) is 7.64. The molecule has 0 unspecified atom stereocenters. The molecule has 0 aromatic heterocycles. The standard InChI is InChI=1S/C27H40F2/c1-2-3-4-7-21-10-15-24(16-11-21)25-17-12-22(13-18-25)8-5-6-9-23-14-19-26(28)27(29)20-23/h5-6,14,19-22,24-25H,2-4,7-13,15-18H2,1H3/b6-5-. The first-order valence-corrected chi connectivity index (χ1v) is 12.2. The van der Waals surface area contributed by atoms with E-state index in [4.69, 9.17) is 0 Å². The van der Waals surface area contributed by atoms with Crippen molar-refractivity contribution < 1.29 is 8.78 Å². The van der Waals surface area contributed by atoms with Crippen LogP contribution in [0.15, 0.2) is 30.4 Å². The van der Waals surface area contributed by atoms with Crippen molar-refractivity contribution in [2.45, 2.75) is 96.8 Å². The zero-order chi connectivity index (χ0) is 20.5. The third-order valence-corrected chi connectivity index (χ3v) is 7.64. The van der Waals surface area contributed by atoms with Gasteiger partial charge >= 0.3 is 0 Å². The molecule has 0 heterocycles. The normalized spacial score (nSPS) is 28.1. The summed E-state index contributed by atoms with van der Waals surface area (Å²) in [6.45, 7) is 2.30. The Labute approximate surface area is 177 Å². The van der Waals surface area contributed by atoms with E-state index in [0.29, 0.717) is 6.42 Å². The van der Waals surface area contributed by atoms with E-state index < -0.39 is 11.6 Å². The minimum Gasteiger partial charge on any atom is -0.204 e. The fraction of sp³-hybridized carbons (Fsp3) is 0.704. The number of rotatable bonds is 9. The van der Waals surface area contributed by atoms with Crippen LogP contribution in [0.3, 0.4) is 0 Å². The van der Waals surface area contributed by atoms with Crippen LogP contribution in [-0.4, -0.2) is 0 Å². The van der Waals surface area contributed by atoms with Crippen molar-refractivity contribution in [1.82, 2.24) is 0 Å². The second-order valence-corrected chi connectivity index (χ2v) is 9.72. The Bertz CT molecular complexity index is 619. The summed E-state index contributed by atoms with van der Waals surface area (Å²) in [6.07, 6.45) is 23.4. The molecule has 0 saturated heterocycles. The predicted molar refractivity (Wildman–Crippen MR) is 119 cm³/mol. The molecule has 0 spiro atoms. The number of hydrogen-bond acceptors (Lipinski definition) is 0. The fourth-order valence-electron chi connectivity index (χ4n) is 5.70. The van der Waals surface area contributed by atoms with Crippen LogP contribution in [0.1, 0.15) is 96.0 Å². The molecule has 29 heavy (non-hydrogen) atoms. The van der Waals surface area contributed by atoms with Crippen molar-refractivity contribution >= 4 is 0 Å². The smallest absolute Gasteiger partial charge is 0.159 e. The van der Waals surface area contributed by atoms with Gasteiger partial charge in [0.05, 0.1) is 0 Å². The third kappa shape index (κ3) is 7.23. The predicted octanol–water partition coefficient (Wildman–Crippen LogP) is 8.65. The molecule has 0 radical (unpaired) electrons. The molecular formula is C27H40F2. The van der Waals surface area contributed by atoms with E-state index in [9.17, 15) is 8.78 Å². The molecule has 0 nitrogen and oxygen atoms in total. The first kappa shape index (κ1) is 22.5. The van der Waals surface area contributed by atoms with Crippen LogP contribution >= 0.6 is 0 Å². The van der Waals surface area contributed by atoms with Crippen LogP contribution in [0.4, 0.5) is 8.78 Å². The van der Waals surface area contributed by atoms with Gasteiger partial charge in [0.2, 0.25) is 0 Å². The first-order valence-electron chi connectivity index (χ1n) is 12.2. The maximum atomic E-state index is 13.3. The zero-order valence-electron chi connectivity index (χ0n) is 18.4. The van der Waals surface area contributed by atoms with Gasteiger partial charge in [-0.3, -0.25) is 0 Å². The average molecular weight is 403 g/mol. The lowest BCUT2D eigenvalue weighted by Crippen LogP contribution is -2.25. The van der Waals surface area contributed by atoms with Crippen molar-refractivity contribution in [2.75, 3.05) is 0 Å².